The second-order valence-electron chi connectivity index (χ2n) is 10.0. The summed E-state index contributed by atoms with van der Waals surface area (Å²) in [6.45, 7) is 3.74. The number of halogens is 1. The fraction of sp³-hybridized carbons (Fsp3) is 0.233. The van der Waals surface area contributed by atoms with Gasteiger partial charge in [0.05, 0.1) is 27.3 Å². The highest BCUT2D eigenvalue weighted by atomic mass is 32.3. The summed E-state index contributed by atoms with van der Waals surface area (Å²) < 4.78 is 45.4. The summed E-state index contributed by atoms with van der Waals surface area (Å²) in [5.74, 6) is 3.07. The lowest BCUT2D eigenvalue weighted by Gasteiger charge is -2.31. The third-order valence-corrected chi connectivity index (χ3v) is 8.06. The van der Waals surface area contributed by atoms with Gasteiger partial charge in [-0.2, -0.15) is 8.42 Å². The molecule has 2 heterocycles. The van der Waals surface area contributed by atoms with Crippen LogP contribution in [-0.2, 0) is 10.2 Å². The Balaban J connectivity index is 1.74. The average molecular weight is 529 g/mol. The molecule has 1 N–H and O–H groups in total. The Hall–Kier alpha value is -4.09. The van der Waals surface area contributed by atoms with Gasteiger partial charge in [-0.25, -0.2) is 0 Å². The molecule has 6 nitrogen and oxygen atoms in total. The van der Waals surface area contributed by atoms with E-state index in [1.165, 1.54) is 18.2 Å². The van der Waals surface area contributed by atoms with Gasteiger partial charge >= 0.3 is 10.2 Å². The largest absolute Gasteiger partial charge is 0.490 e. The number of ether oxygens (including phenoxy) is 1. The number of aromatic amines is 1. The first-order valence-corrected chi connectivity index (χ1v) is 13.9. The van der Waals surface area contributed by atoms with E-state index in [1.54, 1.807) is 12.1 Å². The Morgan fingerprint density at radius 2 is 1.89 bits per heavy atom. The van der Waals surface area contributed by atoms with E-state index in [-0.39, 0.29) is 17.6 Å². The van der Waals surface area contributed by atoms with Crippen LogP contribution in [0.1, 0.15) is 44.7 Å². The van der Waals surface area contributed by atoms with Gasteiger partial charge in [-0.15, -0.1) is 10.3 Å². The maximum atomic E-state index is 14.0. The lowest BCUT2D eigenvalue weighted by Crippen LogP contribution is -2.21. The van der Waals surface area contributed by atoms with E-state index in [0.717, 1.165) is 35.8 Å². The molecular formula is C30H25FN2O4S. The average Bonchev–Trinajstić information content (AvgIpc) is 3.23. The number of hydrogen-bond acceptors (Lipinski definition) is 4. The van der Waals surface area contributed by atoms with Crippen molar-refractivity contribution < 1.29 is 17.0 Å². The first-order valence-electron chi connectivity index (χ1n) is 12.5. The molecule has 3 aromatic carbocycles. The fourth-order valence-corrected chi connectivity index (χ4v) is 5.81. The summed E-state index contributed by atoms with van der Waals surface area (Å²) in [4.78, 5) is 17.0. The fourth-order valence-electron chi connectivity index (χ4n) is 5.30. The highest BCUT2D eigenvalue weighted by Crippen LogP contribution is 2.41. The van der Waals surface area contributed by atoms with E-state index in [4.69, 9.17) is 11.2 Å². The molecule has 0 amide bonds. The molecule has 0 radical (unpaired) electrons. The van der Waals surface area contributed by atoms with Gasteiger partial charge in [0.1, 0.15) is 11.4 Å². The number of aromatic nitrogens is 2. The molecule has 1 aliphatic carbocycles. The number of hydrogen-bond donors (Lipinski definition) is 1. The molecular weight excluding hydrogens is 503 g/mol. The van der Waals surface area contributed by atoms with Crippen LogP contribution in [0.25, 0.3) is 44.0 Å². The van der Waals surface area contributed by atoms with E-state index in [1.807, 2.05) is 38.1 Å². The molecule has 0 atom stereocenters. The van der Waals surface area contributed by atoms with Crippen molar-refractivity contribution in [1.82, 2.24) is 9.55 Å². The quantitative estimate of drug-likeness (QED) is 0.210. The molecule has 5 aromatic rings. The Bertz CT molecular complexity index is 1980. The summed E-state index contributed by atoms with van der Waals surface area (Å²) in [6, 6.07) is 15.0. The molecule has 0 aliphatic heterocycles. The third kappa shape index (κ3) is 3.86. The number of fused-ring (bicyclic) bond motifs is 4. The van der Waals surface area contributed by atoms with Gasteiger partial charge in [-0.1, -0.05) is 24.1 Å². The second kappa shape index (κ2) is 8.74. The van der Waals surface area contributed by atoms with Crippen LogP contribution in [0.3, 0.4) is 0 Å². The van der Waals surface area contributed by atoms with Crippen LogP contribution in [-0.4, -0.2) is 24.1 Å². The summed E-state index contributed by atoms with van der Waals surface area (Å²) in [5.41, 5.74) is 3.85. The van der Waals surface area contributed by atoms with Crippen molar-refractivity contribution in [2.24, 2.45) is 0 Å². The monoisotopic (exact) mass is 528 g/mol. The van der Waals surface area contributed by atoms with Crippen molar-refractivity contribution in [2.45, 2.75) is 50.2 Å². The van der Waals surface area contributed by atoms with E-state index >= 15 is 0 Å². The number of terminal acetylenes is 1. The first-order chi connectivity index (χ1) is 18.2. The maximum Gasteiger partial charge on any atom is 0.332 e. The SMILES string of the molecule is C#Cc1ccc2c(c1)[nH]c1c2c(=O)c2cc(OC(C)C)c(-c3cccc(S(=O)(=O)F)c3)cc2n1C1CCC1. The normalized spacial score (nSPS) is 14.3. The molecule has 38 heavy (non-hydrogen) atoms. The number of benzene rings is 3. The highest BCUT2D eigenvalue weighted by Gasteiger charge is 2.27. The number of pyridine rings is 1. The van der Waals surface area contributed by atoms with Crippen molar-refractivity contribution in [3.05, 3.63) is 70.4 Å². The Morgan fingerprint density at radius 3 is 2.55 bits per heavy atom. The lowest BCUT2D eigenvalue weighted by atomic mass is 9.91. The summed E-state index contributed by atoms with van der Waals surface area (Å²) in [5, 5.41) is 1.90. The highest BCUT2D eigenvalue weighted by molar-refractivity contribution is 7.86. The van der Waals surface area contributed by atoms with E-state index < -0.39 is 15.1 Å². The molecule has 1 aliphatic rings. The lowest BCUT2D eigenvalue weighted by molar-refractivity contribution is 0.244. The molecule has 8 heteroatoms. The zero-order valence-corrected chi connectivity index (χ0v) is 21.7. The van der Waals surface area contributed by atoms with Gasteiger partial charge in [0.25, 0.3) is 0 Å². The van der Waals surface area contributed by atoms with E-state index in [9.17, 15) is 17.1 Å². The van der Waals surface area contributed by atoms with Gasteiger partial charge in [-0.3, -0.25) is 4.79 Å². The van der Waals surface area contributed by atoms with Crippen LogP contribution in [0.4, 0.5) is 3.89 Å². The minimum absolute atomic E-state index is 0.134. The zero-order chi connectivity index (χ0) is 26.8. The van der Waals surface area contributed by atoms with Crippen molar-refractivity contribution in [3.63, 3.8) is 0 Å². The minimum Gasteiger partial charge on any atom is -0.490 e. The molecule has 0 saturated heterocycles. The first kappa shape index (κ1) is 24.3. The molecule has 1 fully saturated rings. The zero-order valence-electron chi connectivity index (χ0n) is 20.9. The number of nitrogens with one attached hydrogen (secondary N) is 1. The molecule has 1 saturated carbocycles. The van der Waals surface area contributed by atoms with Gasteiger partial charge in [0.2, 0.25) is 0 Å². The van der Waals surface area contributed by atoms with Crippen molar-refractivity contribution >= 4 is 43.1 Å². The maximum absolute atomic E-state index is 14.0. The van der Waals surface area contributed by atoms with Crippen LogP contribution >= 0.6 is 0 Å². The minimum atomic E-state index is -4.90. The van der Waals surface area contributed by atoms with Crippen molar-refractivity contribution in [1.29, 1.82) is 0 Å². The van der Waals surface area contributed by atoms with Crippen LogP contribution in [0.2, 0.25) is 0 Å². The van der Waals surface area contributed by atoms with E-state index in [2.05, 4.69) is 15.5 Å². The Labute approximate surface area is 219 Å². The predicted molar refractivity (Wildman–Crippen MR) is 148 cm³/mol. The van der Waals surface area contributed by atoms with Gasteiger partial charge in [0, 0.05) is 28.1 Å². The molecule has 0 spiro atoms. The topological polar surface area (TPSA) is 81.2 Å². The molecule has 2 aromatic heterocycles. The van der Waals surface area contributed by atoms with E-state index in [0.29, 0.717) is 38.7 Å². The van der Waals surface area contributed by atoms with Crippen LogP contribution in [0.5, 0.6) is 5.75 Å². The summed E-state index contributed by atoms with van der Waals surface area (Å²) in [7, 11) is -4.90. The number of rotatable bonds is 5. The van der Waals surface area contributed by atoms with Crippen LogP contribution < -0.4 is 10.2 Å². The smallest absolute Gasteiger partial charge is 0.332 e. The van der Waals surface area contributed by atoms with Gasteiger partial charge < -0.3 is 14.3 Å². The van der Waals surface area contributed by atoms with Crippen LogP contribution in [0.15, 0.2) is 64.3 Å². The number of nitrogens with zero attached hydrogens (tertiary/aromatic N) is 1. The van der Waals surface area contributed by atoms with Gasteiger partial charge in [0.15, 0.2) is 5.43 Å². The second-order valence-corrected chi connectivity index (χ2v) is 11.4. The Kier molecular flexibility index (Phi) is 5.58. The molecule has 0 unspecified atom stereocenters. The standard InChI is InChI=1S/C30H25FN2O4S/c1-4-18-11-12-22-25(13-18)32-30-28(22)29(34)24-16-27(37-17(2)3)23(15-26(24)33(30)20-8-6-9-20)19-7-5-10-21(14-19)38(31,35)36/h1,5,7,10-17,20,32H,6,8-9H2,2-3H3. The number of H-pyrrole nitrogens is 1. The predicted octanol–water partition coefficient (Wildman–Crippen LogP) is 6.45. The van der Waals surface area contributed by atoms with Gasteiger partial charge in [-0.05, 0) is 75.1 Å². The summed E-state index contributed by atoms with van der Waals surface area (Å²) in [6.07, 6.45) is 8.41. The summed E-state index contributed by atoms with van der Waals surface area (Å²) >= 11 is 0. The van der Waals surface area contributed by atoms with Crippen molar-refractivity contribution in [2.75, 3.05) is 0 Å². The molecule has 192 valence electrons. The van der Waals surface area contributed by atoms with Crippen LogP contribution in [0, 0.1) is 12.3 Å². The van der Waals surface area contributed by atoms with Crippen molar-refractivity contribution in [3.8, 4) is 29.2 Å². The Morgan fingerprint density at radius 1 is 1.11 bits per heavy atom. The molecule has 6 rings (SSSR count). The third-order valence-electron chi connectivity index (χ3n) is 7.24. The molecule has 0 bridgehead atoms.